The van der Waals surface area contributed by atoms with Crippen molar-refractivity contribution in [2.24, 2.45) is 0 Å². The van der Waals surface area contributed by atoms with Crippen molar-refractivity contribution in [1.82, 2.24) is 4.98 Å². The first kappa shape index (κ1) is 12.8. The SMILES string of the molecule is COC(=O)CCC(=O)Nc1cc(C=O)ccn1. The molecule has 0 aliphatic rings. The van der Waals surface area contributed by atoms with Crippen molar-refractivity contribution in [3.63, 3.8) is 0 Å². The van der Waals surface area contributed by atoms with Crippen LogP contribution in [0, 0.1) is 0 Å². The lowest BCUT2D eigenvalue weighted by Crippen LogP contribution is -2.14. The van der Waals surface area contributed by atoms with Crippen LogP contribution in [0.15, 0.2) is 18.3 Å². The normalized spacial score (nSPS) is 9.47. The van der Waals surface area contributed by atoms with Gasteiger partial charge in [0.1, 0.15) is 12.1 Å². The Balaban J connectivity index is 2.50. The van der Waals surface area contributed by atoms with Crippen molar-refractivity contribution >= 4 is 24.0 Å². The highest BCUT2D eigenvalue weighted by atomic mass is 16.5. The van der Waals surface area contributed by atoms with E-state index in [4.69, 9.17) is 0 Å². The fourth-order valence-electron chi connectivity index (χ4n) is 1.11. The highest BCUT2D eigenvalue weighted by Crippen LogP contribution is 2.05. The van der Waals surface area contributed by atoms with Gasteiger partial charge in [-0.3, -0.25) is 14.4 Å². The lowest BCUT2D eigenvalue weighted by Gasteiger charge is -2.03. The van der Waals surface area contributed by atoms with E-state index in [1.807, 2.05) is 0 Å². The smallest absolute Gasteiger partial charge is 0.306 e. The monoisotopic (exact) mass is 236 g/mol. The molecule has 6 heteroatoms. The number of hydrogen-bond acceptors (Lipinski definition) is 5. The largest absolute Gasteiger partial charge is 0.469 e. The topological polar surface area (TPSA) is 85.4 Å². The molecule has 0 aliphatic heterocycles. The molecule has 0 atom stereocenters. The molecule has 0 radical (unpaired) electrons. The number of carbonyl (C=O) groups is 3. The summed E-state index contributed by atoms with van der Waals surface area (Å²) < 4.78 is 4.41. The third-order valence-electron chi connectivity index (χ3n) is 1.97. The first-order valence-corrected chi connectivity index (χ1v) is 4.93. The maximum atomic E-state index is 11.4. The second kappa shape index (κ2) is 6.37. The Kier molecular flexibility index (Phi) is 4.80. The van der Waals surface area contributed by atoms with Crippen molar-refractivity contribution in [2.45, 2.75) is 12.8 Å². The molecular weight excluding hydrogens is 224 g/mol. The van der Waals surface area contributed by atoms with Crippen LogP contribution in [0.4, 0.5) is 5.82 Å². The molecule has 0 saturated heterocycles. The van der Waals surface area contributed by atoms with Gasteiger partial charge in [-0.15, -0.1) is 0 Å². The summed E-state index contributed by atoms with van der Waals surface area (Å²) in [4.78, 5) is 36.6. The van der Waals surface area contributed by atoms with Gasteiger partial charge in [-0.1, -0.05) is 0 Å². The number of esters is 1. The van der Waals surface area contributed by atoms with Gasteiger partial charge in [-0.25, -0.2) is 4.98 Å². The van der Waals surface area contributed by atoms with Gasteiger partial charge in [0.15, 0.2) is 0 Å². The number of rotatable bonds is 5. The van der Waals surface area contributed by atoms with E-state index in [1.165, 1.54) is 25.4 Å². The van der Waals surface area contributed by atoms with Crippen LogP contribution in [0.5, 0.6) is 0 Å². The summed E-state index contributed by atoms with van der Waals surface area (Å²) in [5.74, 6) is -0.523. The molecule has 0 aliphatic carbocycles. The number of pyridine rings is 1. The predicted octanol–water partition coefficient (Wildman–Crippen LogP) is 0.786. The lowest BCUT2D eigenvalue weighted by atomic mass is 10.2. The maximum Gasteiger partial charge on any atom is 0.306 e. The third kappa shape index (κ3) is 4.42. The van der Waals surface area contributed by atoms with E-state index in [2.05, 4.69) is 15.0 Å². The van der Waals surface area contributed by atoms with Gasteiger partial charge < -0.3 is 10.1 Å². The van der Waals surface area contributed by atoms with Gasteiger partial charge in [0.2, 0.25) is 5.91 Å². The van der Waals surface area contributed by atoms with E-state index in [0.29, 0.717) is 11.8 Å². The minimum Gasteiger partial charge on any atom is -0.469 e. The molecule has 0 bridgehead atoms. The summed E-state index contributed by atoms with van der Waals surface area (Å²) in [6.07, 6.45) is 2.10. The van der Waals surface area contributed by atoms with Crippen LogP contribution in [0.25, 0.3) is 0 Å². The number of nitrogens with one attached hydrogen (secondary N) is 1. The van der Waals surface area contributed by atoms with Gasteiger partial charge in [0, 0.05) is 18.2 Å². The highest BCUT2D eigenvalue weighted by Gasteiger charge is 2.07. The summed E-state index contributed by atoms with van der Waals surface area (Å²) in [7, 11) is 1.26. The fraction of sp³-hybridized carbons (Fsp3) is 0.273. The Bertz CT molecular complexity index is 431. The number of anilines is 1. The summed E-state index contributed by atoms with van der Waals surface area (Å²) in [6, 6.07) is 2.97. The van der Waals surface area contributed by atoms with E-state index < -0.39 is 5.97 Å². The van der Waals surface area contributed by atoms with Gasteiger partial charge in [0.25, 0.3) is 0 Å². The molecule has 90 valence electrons. The number of carbonyl (C=O) groups excluding carboxylic acids is 3. The van der Waals surface area contributed by atoms with Gasteiger partial charge >= 0.3 is 5.97 Å². The molecule has 17 heavy (non-hydrogen) atoms. The van der Waals surface area contributed by atoms with E-state index in [1.54, 1.807) is 0 Å². The number of hydrogen-bond donors (Lipinski definition) is 1. The molecule has 1 heterocycles. The number of aromatic nitrogens is 1. The first-order chi connectivity index (χ1) is 8.15. The van der Waals surface area contributed by atoms with Crippen LogP contribution in [-0.4, -0.2) is 30.3 Å². The predicted molar refractivity (Wildman–Crippen MR) is 59.5 cm³/mol. The molecule has 1 aromatic rings. The van der Waals surface area contributed by atoms with E-state index in [-0.39, 0.29) is 24.6 Å². The lowest BCUT2D eigenvalue weighted by molar-refractivity contribution is -0.141. The zero-order chi connectivity index (χ0) is 12.7. The number of nitrogens with zero attached hydrogens (tertiary/aromatic N) is 1. The first-order valence-electron chi connectivity index (χ1n) is 4.93. The van der Waals surface area contributed by atoms with E-state index in [9.17, 15) is 14.4 Å². The Hall–Kier alpha value is -2.24. The molecule has 1 amide bonds. The van der Waals surface area contributed by atoms with E-state index in [0.717, 1.165) is 0 Å². The second-order valence-corrected chi connectivity index (χ2v) is 3.22. The average Bonchev–Trinajstić information content (AvgIpc) is 2.36. The summed E-state index contributed by atoms with van der Waals surface area (Å²) in [5, 5.41) is 2.48. The standard InChI is InChI=1S/C11H12N2O4/c1-17-11(16)3-2-10(15)13-9-6-8(7-14)4-5-12-9/h4-7H,2-3H2,1H3,(H,12,13,15). The number of methoxy groups -OCH3 is 1. The Morgan fingerprint density at radius 1 is 1.47 bits per heavy atom. The van der Waals surface area contributed by atoms with Crippen LogP contribution < -0.4 is 5.32 Å². The molecule has 0 fully saturated rings. The van der Waals surface area contributed by atoms with Crippen molar-refractivity contribution < 1.29 is 19.1 Å². The third-order valence-corrected chi connectivity index (χ3v) is 1.97. The quantitative estimate of drug-likeness (QED) is 0.603. The van der Waals surface area contributed by atoms with Crippen LogP contribution in [-0.2, 0) is 14.3 Å². The molecule has 6 nitrogen and oxygen atoms in total. The van der Waals surface area contributed by atoms with Gasteiger partial charge in [-0.05, 0) is 12.1 Å². The van der Waals surface area contributed by atoms with E-state index >= 15 is 0 Å². The summed E-state index contributed by atoms with van der Waals surface area (Å²) in [6.45, 7) is 0. The van der Waals surface area contributed by atoms with Crippen molar-refractivity contribution in [1.29, 1.82) is 0 Å². The van der Waals surface area contributed by atoms with Crippen LogP contribution in [0.1, 0.15) is 23.2 Å². The molecule has 0 saturated carbocycles. The maximum absolute atomic E-state index is 11.4. The minimum absolute atomic E-state index is 0.00963. The Labute approximate surface area is 98.0 Å². The zero-order valence-corrected chi connectivity index (χ0v) is 9.30. The van der Waals surface area contributed by atoms with Crippen molar-refractivity contribution in [3.8, 4) is 0 Å². The molecule has 1 aromatic heterocycles. The van der Waals surface area contributed by atoms with Crippen molar-refractivity contribution in [3.05, 3.63) is 23.9 Å². The van der Waals surface area contributed by atoms with Crippen LogP contribution >= 0.6 is 0 Å². The Morgan fingerprint density at radius 2 is 2.24 bits per heavy atom. The van der Waals surface area contributed by atoms with Crippen molar-refractivity contribution in [2.75, 3.05) is 12.4 Å². The highest BCUT2D eigenvalue weighted by molar-refractivity contribution is 5.92. The fourth-order valence-corrected chi connectivity index (χ4v) is 1.11. The Morgan fingerprint density at radius 3 is 2.88 bits per heavy atom. The number of ether oxygens (including phenoxy) is 1. The molecule has 1 N–H and O–H groups in total. The summed E-state index contributed by atoms with van der Waals surface area (Å²) in [5.41, 5.74) is 0.420. The minimum atomic E-state index is -0.449. The molecule has 1 rings (SSSR count). The summed E-state index contributed by atoms with van der Waals surface area (Å²) >= 11 is 0. The second-order valence-electron chi connectivity index (χ2n) is 3.22. The molecule has 0 aromatic carbocycles. The van der Waals surface area contributed by atoms with Crippen LogP contribution in [0.3, 0.4) is 0 Å². The number of aldehydes is 1. The van der Waals surface area contributed by atoms with Gasteiger partial charge in [-0.2, -0.15) is 0 Å². The number of amides is 1. The average molecular weight is 236 g/mol. The van der Waals surface area contributed by atoms with Gasteiger partial charge in [0.05, 0.1) is 13.5 Å². The molecular formula is C11H12N2O4. The molecule has 0 spiro atoms. The zero-order valence-electron chi connectivity index (χ0n) is 9.30. The van der Waals surface area contributed by atoms with Crippen LogP contribution in [0.2, 0.25) is 0 Å². The molecule has 0 unspecified atom stereocenters.